The smallest absolute Gasteiger partial charge is 0.237 e. The predicted octanol–water partition coefficient (Wildman–Crippen LogP) is 0.953. The van der Waals surface area contributed by atoms with Crippen LogP contribution in [0.1, 0.15) is 30.9 Å². The molecular formula is C19H28ClN5O. The zero-order valence-corrected chi connectivity index (χ0v) is 15.7. The summed E-state index contributed by atoms with van der Waals surface area (Å²) in [5.41, 5.74) is 8.04. The highest BCUT2D eigenvalue weighted by atomic mass is 35.5. The summed E-state index contributed by atoms with van der Waals surface area (Å²) in [6, 6.07) is 8.04. The lowest BCUT2D eigenvalue weighted by molar-refractivity contribution is -0.123. The highest BCUT2D eigenvalue weighted by Crippen LogP contribution is 2.37. The Morgan fingerprint density at radius 3 is 2.77 bits per heavy atom. The summed E-state index contributed by atoms with van der Waals surface area (Å²) in [4.78, 5) is 12.7. The topological polar surface area (TPSA) is 77.2 Å². The maximum Gasteiger partial charge on any atom is 0.237 e. The van der Waals surface area contributed by atoms with Crippen LogP contribution in [0.3, 0.4) is 0 Å². The molecule has 6 nitrogen and oxygen atoms in total. The highest BCUT2D eigenvalue weighted by molar-refractivity contribution is 6.30. The molecule has 3 aliphatic heterocycles. The number of hydrogen-bond acceptors (Lipinski definition) is 5. The molecule has 3 saturated heterocycles. The van der Waals surface area contributed by atoms with Crippen LogP contribution in [-0.2, 0) is 4.79 Å². The van der Waals surface area contributed by atoms with Gasteiger partial charge in [-0.05, 0) is 55.5 Å². The van der Waals surface area contributed by atoms with E-state index in [2.05, 4.69) is 26.8 Å². The number of amides is 1. The molecule has 0 saturated carbocycles. The number of halogens is 1. The van der Waals surface area contributed by atoms with Crippen molar-refractivity contribution in [1.82, 2.24) is 26.8 Å². The monoisotopic (exact) mass is 377 g/mol. The van der Waals surface area contributed by atoms with E-state index in [1.807, 2.05) is 24.3 Å². The maximum atomic E-state index is 12.7. The van der Waals surface area contributed by atoms with Gasteiger partial charge in [0.05, 0.1) is 12.1 Å². The molecule has 1 spiro atoms. The third-order valence-corrected chi connectivity index (χ3v) is 6.45. The van der Waals surface area contributed by atoms with Crippen molar-refractivity contribution in [3.63, 3.8) is 0 Å². The summed E-state index contributed by atoms with van der Waals surface area (Å²) in [5.74, 6) is 0.455. The molecule has 0 aliphatic carbocycles. The Labute approximate surface area is 159 Å². The third-order valence-electron chi connectivity index (χ3n) is 6.20. The van der Waals surface area contributed by atoms with Crippen molar-refractivity contribution in [2.45, 2.75) is 31.3 Å². The fourth-order valence-corrected chi connectivity index (χ4v) is 4.67. The van der Waals surface area contributed by atoms with Crippen molar-refractivity contribution in [3.05, 3.63) is 34.9 Å². The first-order chi connectivity index (χ1) is 12.7. The van der Waals surface area contributed by atoms with Gasteiger partial charge >= 0.3 is 0 Å². The average Bonchev–Trinajstić information content (AvgIpc) is 3.29. The number of rotatable bonds is 4. The summed E-state index contributed by atoms with van der Waals surface area (Å²) < 4.78 is 0. The SMILES string of the molecule is O=C(NCC1CNNC1c1ccc(Cl)cc1)C1CC2(CCNCC2)CN1. The van der Waals surface area contributed by atoms with E-state index in [0.717, 1.165) is 37.6 Å². The first kappa shape index (κ1) is 18.2. The van der Waals surface area contributed by atoms with Gasteiger partial charge in [-0.25, -0.2) is 5.43 Å². The van der Waals surface area contributed by atoms with E-state index >= 15 is 0 Å². The molecule has 4 rings (SSSR count). The molecule has 0 bridgehead atoms. The summed E-state index contributed by atoms with van der Waals surface area (Å²) in [5, 5.41) is 10.8. The van der Waals surface area contributed by atoms with Crippen molar-refractivity contribution in [2.75, 3.05) is 32.7 Å². The van der Waals surface area contributed by atoms with E-state index in [0.29, 0.717) is 17.9 Å². The van der Waals surface area contributed by atoms with Crippen molar-refractivity contribution < 1.29 is 4.79 Å². The zero-order chi connectivity index (χ0) is 18.0. The van der Waals surface area contributed by atoms with Crippen molar-refractivity contribution in [1.29, 1.82) is 0 Å². The third kappa shape index (κ3) is 3.89. The van der Waals surface area contributed by atoms with Crippen LogP contribution < -0.4 is 26.8 Å². The number of nitrogens with one attached hydrogen (secondary N) is 5. The Bertz CT molecular complexity index is 631. The van der Waals surface area contributed by atoms with Gasteiger partial charge in [-0.3, -0.25) is 10.2 Å². The number of hydrazine groups is 1. The largest absolute Gasteiger partial charge is 0.354 e. The predicted molar refractivity (Wildman–Crippen MR) is 103 cm³/mol. The number of carbonyl (C=O) groups is 1. The molecule has 0 radical (unpaired) electrons. The number of carbonyl (C=O) groups excluding carboxylic acids is 1. The summed E-state index contributed by atoms with van der Waals surface area (Å²) in [7, 11) is 0. The molecule has 3 fully saturated rings. The fourth-order valence-electron chi connectivity index (χ4n) is 4.55. The highest BCUT2D eigenvalue weighted by Gasteiger charge is 2.42. The Balaban J connectivity index is 1.30. The van der Waals surface area contributed by atoms with Gasteiger partial charge in [0.15, 0.2) is 0 Å². The van der Waals surface area contributed by atoms with Crippen LogP contribution in [0.25, 0.3) is 0 Å². The average molecular weight is 378 g/mol. The number of hydrogen-bond donors (Lipinski definition) is 5. The second-order valence-corrected chi connectivity index (χ2v) is 8.38. The summed E-state index contributed by atoms with van der Waals surface area (Å²) in [6.45, 7) is 4.60. The van der Waals surface area contributed by atoms with Gasteiger partial charge in [0.1, 0.15) is 0 Å². The summed E-state index contributed by atoms with van der Waals surface area (Å²) in [6.07, 6.45) is 3.29. The molecule has 7 heteroatoms. The molecule has 0 aromatic heterocycles. The van der Waals surface area contributed by atoms with E-state index in [1.54, 1.807) is 0 Å². The minimum Gasteiger partial charge on any atom is -0.354 e. The lowest BCUT2D eigenvalue weighted by Crippen LogP contribution is -2.43. The maximum absolute atomic E-state index is 12.7. The van der Waals surface area contributed by atoms with Crippen LogP contribution in [0.5, 0.6) is 0 Å². The first-order valence-electron chi connectivity index (χ1n) is 9.61. The summed E-state index contributed by atoms with van der Waals surface area (Å²) >= 11 is 5.99. The molecule has 142 valence electrons. The molecule has 1 aromatic rings. The number of benzene rings is 1. The lowest BCUT2D eigenvalue weighted by atomic mass is 9.77. The van der Waals surface area contributed by atoms with Crippen LogP contribution in [-0.4, -0.2) is 44.7 Å². The van der Waals surface area contributed by atoms with Gasteiger partial charge in [-0.15, -0.1) is 0 Å². The van der Waals surface area contributed by atoms with Crippen LogP contribution in [0.15, 0.2) is 24.3 Å². The van der Waals surface area contributed by atoms with Crippen LogP contribution in [0.2, 0.25) is 5.02 Å². The zero-order valence-electron chi connectivity index (χ0n) is 15.0. The standard InChI is InChI=1S/C19H28ClN5O/c20-15-3-1-13(2-4-15)17-14(11-24-25-17)10-22-18(26)16-9-19(12-23-16)5-7-21-8-6-19/h1-4,14,16-17,21,23-25H,5-12H2,(H,22,26). The fraction of sp³-hybridized carbons (Fsp3) is 0.632. The van der Waals surface area contributed by atoms with Gasteiger partial charge in [-0.1, -0.05) is 23.7 Å². The number of piperidine rings is 1. The molecule has 3 unspecified atom stereocenters. The second kappa shape index (κ2) is 7.82. The molecule has 3 atom stereocenters. The Morgan fingerprint density at radius 1 is 1.23 bits per heavy atom. The quantitative estimate of drug-likeness (QED) is 0.540. The molecule has 26 heavy (non-hydrogen) atoms. The van der Waals surface area contributed by atoms with Crippen LogP contribution in [0, 0.1) is 11.3 Å². The van der Waals surface area contributed by atoms with Gasteiger partial charge in [-0.2, -0.15) is 0 Å². The molecule has 3 aliphatic rings. The van der Waals surface area contributed by atoms with Crippen LogP contribution >= 0.6 is 11.6 Å². The lowest BCUT2D eigenvalue weighted by Gasteiger charge is -2.33. The molecule has 5 N–H and O–H groups in total. The molecular weight excluding hydrogens is 350 g/mol. The van der Waals surface area contributed by atoms with Crippen molar-refractivity contribution in [3.8, 4) is 0 Å². The van der Waals surface area contributed by atoms with Gasteiger partial charge < -0.3 is 16.0 Å². The van der Waals surface area contributed by atoms with E-state index < -0.39 is 0 Å². The first-order valence-corrected chi connectivity index (χ1v) is 9.99. The Morgan fingerprint density at radius 2 is 2.00 bits per heavy atom. The van der Waals surface area contributed by atoms with Gasteiger partial charge in [0.2, 0.25) is 5.91 Å². The minimum atomic E-state index is -0.0515. The van der Waals surface area contributed by atoms with E-state index in [1.165, 1.54) is 18.4 Å². The molecule has 1 aromatic carbocycles. The van der Waals surface area contributed by atoms with E-state index in [-0.39, 0.29) is 18.0 Å². The van der Waals surface area contributed by atoms with E-state index in [9.17, 15) is 4.79 Å². The van der Waals surface area contributed by atoms with Gasteiger partial charge in [0.25, 0.3) is 0 Å². The van der Waals surface area contributed by atoms with Crippen molar-refractivity contribution in [2.24, 2.45) is 11.3 Å². The second-order valence-electron chi connectivity index (χ2n) is 7.95. The van der Waals surface area contributed by atoms with E-state index in [4.69, 9.17) is 11.6 Å². The Kier molecular flexibility index (Phi) is 5.47. The van der Waals surface area contributed by atoms with Crippen molar-refractivity contribution >= 4 is 17.5 Å². The minimum absolute atomic E-state index is 0.0515. The Hall–Kier alpha value is -1.18. The van der Waals surface area contributed by atoms with Gasteiger partial charge in [0, 0.05) is 30.6 Å². The molecule has 1 amide bonds. The normalized spacial score (nSPS) is 30.6. The van der Waals surface area contributed by atoms with Crippen LogP contribution in [0.4, 0.5) is 0 Å². The molecule has 3 heterocycles.